The summed E-state index contributed by atoms with van der Waals surface area (Å²) in [4.78, 5) is 45.9. The van der Waals surface area contributed by atoms with Crippen LogP contribution in [-0.2, 0) is 25.5 Å². The van der Waals surface area contributed by atoms with Crippen LogP contribution < -0.4 is 0 Å². The quantitative estimate of drug-likeness (QED) is 0.307. The van der Waals surface area contributed by atoms with Gasteiger partial charge >= 0.3 is 12.2 Å². The molecule has 0 spiro atoms. The fraction of sp³-hybridized carbons (Fsp3) is 0.667. The Morgan fingerprint density at radius 2 is 1.66 bits per heavy atom. The molecule has 10 nitrogen and oxygen atoms in total. The largest absolute Gasteiger partial charge is 0.444 e. The highest BCUT2D eigenvalue weighted by molar-refractivity contribution is 6.35. The van der Waals surface area contributed by atoms with Gasteiger partial charge in [-0.3, -0.25) is 9.69 Å². The number of aryl methyl sites for hydroxylation is 2. The Hall–Kier alpha value is -2.98. The van der Waals surface area contributed by atoms with E-state index in [0.717, 1.165) is 47.8 Å². The minimum atomic E-state index is -0.923. The lowest BCUT2D eigenvalue weighted by atomic mass is 10.0. The summed E-state index contributed by atoms with van der Waals surface area (Å²) in [5.74, 6) is -0.220. The van der Waals surface area contributed by atoms with Crippen LogP contribution in [-0.4, -0.2) is 94.0 Å². The fourth-order valence-corrected chi connectivity index (χ4v) is 6.17. The van der Waals surface area contributed by atoms with E-state index >= 15 is 0 Å². The molecule has 2 fully saturated rings. The minimum absolute atomic E-state index is 0.0181. The van der Waals surface area contributed by atoms with Crippen LogP contribution in [0.1, 0.15) is 84.9 Å². The van der Waals surface area contributed by atoms with Crippen molar-refractivity contribution in [3.05, 3.63) is 34.5 Å². The van der Waals surface area contributed by atoms with E-state index in [1.54, 1.807) is 48.7 Å². The summed E-state index contributed by atoms with van der Waals surface area (Å²) in [6, 6.07) is 2.85. The van der Waals surface area contributed by atoms with Gasteiger partial charge in [-0.1, -0.05) is 11.6 Å². The fourth-order valence-electron chi connectivity index (χ4n) is 5.80. The first-order valence-corrected chi connectivity index (χ1v) is 16.0. The molecule has 2 heterocycles. The van der Waals surface area contributed by atoms with Gasteiger partial charge in [0.15, 0.2) is 0 Å². The maximum Gasteiger partial charge on any atom is 0.411 e. The second-order valence-electron chi connectivity index (χ2n) is 14.0. The minimum Gasteiger partial charge on any atom is -0.444 e. The molecule has 1 saturated carbocycles. The van der Waals surface area contributed by atoms with E-state index in [0.29, 0.717) is 11.6 Å². The number of benzene rings is 1. The van der Waals surface area contributed by atoms with E-state index in [4.69, 9.17) is 25.8 Å². The number of fused-ring (bicyclic) bond motifs is 1. The molecule has 44 heavy (non-hydrogen) atoms. The summed E-state index contributed by atoms with van der Waals surface area (Å²) in [5.41, 5.74) is 1.59. The van der Waals surface area contributed by atoms with Crippen molar-refractivity contribution in [3.63, 3.8) is 0 Å². The van der Waals surface area contributed by atoms with Crippen LogP contribution >= 0.6 is 11.6 Å². The molecule has 244 valence electrons. The molecule has 0 bridgehead atoms. The SMILES string of the molecule is COCCCn1cc(C)c2c(Cl)cc(C(C)N(C(=O)[C@H]3CN(C(=O)OC(C)(C)C)CCN3C(=O)OC(C)(C)C)C3CC3)cc21. The molecule has 1 aliphatic heterocycles. The average Bonchev–Trinajstić information content (AvgIpc) is 3.69. The number of carbonyl (C=O) groups is 3. The zero-order chi connectivity index (χ0) is 32.6. The van der Waals surface area contributed by atoms with Gasteiger partial charge in [0.25, 0.3) is 0 Å². The topological polar surface area (TPSA) is 93.5 Å². The monoisotopic (exact) mass is 632 g/mol. The first-order chi connectivity index (χ1) is 20.5. The van der Waals surface area contributed by atoms with Gasteiger partial charge in [-0.15, -0.1) is 0 Å². The number of amides is 3. The van der Waals surface area contributed by atoms with Crippen LogP contribution in [0.2, 0.25) is 5.02 Å². The predicted molar refractivity (Wildman–Crippen MR) is 171 cm³/mol. The van der Waals surface area contributed by atoms with Gasteiger partial charge in [-0.25, -0.2) is 9.59 Å². The Bertz CT molecular complexity index is 1370. The predicted octanol–water partition coefficient (Wildman–Crippen LogP) is 6.55. The second kappa shape index (κ2) is 13.2. The molecule has 3 amide bonds. The third kappa shape index (κ3) is 7.99. The molecule has 1 aromatic carbocycles. The highest BCUT2D eigenvalue weighted by Crippen LogP contribution is 2.39. The van der Waals surface area contributed by atoms with Crippen molar-refractivity contribution in [2.75, 3.05) is 33.4 Å². The molecule has 2 aromatic rings. The van der Waals surface area contributed by atoms with Crippen LogP contribution in [0, 0.1) is 6.92 Å². The van der Waals surface area contributed by atoms with Gasteiger partial charge < -0.3 is 28.6 Å². The molecular weight excluding hydrogens is 584 g/mol. The molecule has 1 saturated heterocycles. The molecule has 1 aliphatic carbocycles. The summed E-state index contributed by atoms with van der Waals surface area (Å²) >= 11 is 6.88. The molecule has 4 rings (SSSR count). The van der Waals surface area contributed by atoms with Crippen molar-refractivity contribution in [1.29, 1.82) is 0 Å². The molecule has 2 aliphatic rings. The highest BCUT2D eigenvalue weighted by Gasteiger charge is 2.46. The molecular formula is C33H49ClN4O6. The summed E-state index contributed by atoms with van der Waals surface area (Å²) in [5, 5.41) is 1.64. The summed E-state index contributed by atoms with van der Waals surface area (Å²) in [6.45, 7) is 16.7. The number of ether oxygens (including phenoxy) is 3. The van der Waals surface area contributed by atoms with Crippen LogP contribution in [0.4, 0.5) is 9.59 Å². The lowest BCUT2D eigenvalue weighted by Gasteiger charge is -2.43. The number of carbonyl (C=O) groups excluding carboxylic acids is 3. The third-order valence-electron chi connectivity index (χ3n) is 7.93. The van der Waals surface area contributed by atoms with Gasteiger partial charge in [-0.2, -0.15) is 0 Å². The standard InChI is InChI=1S/C33H49ClN4O6/c1-21-19-35(13-10-16-42-9)26-18-23(17-25(34)28(21)26)22(2)38(24-11-12-24)29(39)27-20-36(30(40)43-32(3,4)5)14-15-37(27)31(41)44-33(6,7)8/h17-19,22,24,27H,10-16,20H2,1-9H3/t22?,27-/m1/s1. The van der Waals surface area contributed by atoms with Crippen LogP contribution in [0.25, 0.3) is 10.9 Å². The van der Waals surface area contributed by atoms with Crippen molar-refractivity contribution in [2.45, 2.75) is 111 Å². The van der Waals surface area contributed by atoms with E-state index in [-0.39, 0.29) is 37.6 Å². The van der Waals surface area contributed by atoms with Crippen molar-refractivity contribution < 1.29 is 28.6 Å². The summed E-state index contributed by atoms with van der Waals surface area (Å²) in [7, 11) is 1.70. The van der Waals surface area contributed by atoms with E-state index in [2.05, 4.69) is 23.8 Å². The highest BCUT2D eigenvalue weighted by atomic mass is 35.5. The Morgan fingerprint density at radius 1 is 1.02 bits per heavy atom. The van der Waals surface area contributed by atoms with Gasteiger partial charge in [0.2, 0.25) is 5.91 Å². The Kier molecular flexibility index (Phi) is 10.1. The van der Waals surface area contributed by atoms with Gasteiger partial charge in [0, 0.05) is 51.0 Å². The number of halogens is 1. The molecule has 0 radical (unpaired) electrons. The average molecular weight is 633 g/mol. The number of methoxy groups -OCH3 is 1. The van der Waals surface area contributed by atoms with Gasteiger partial charge in [-0.05, 0) is 97.9 Å². The smallest absolute Gasteiger partial charge is 0.411 e. The van der Waals surface area contributed by atoms with Crippen LogP contribution in [0.3, 0.4) is 0 Å². The first-order valence-electron chi connectivity index (χ1n) is 15.6. The zero-order valence-corrected chi connectivity index (χ0v) is 28.5. The van der Waals surface area contributed by atoms with Gasteiger partial charge in [0.05, 0.1) is 23.1 Å². The van der Waals surface area contributed by atoms with Crippen molar-refractivity contribution in [3.8, 4) is 0 Å². The Labute approximate surface area is 266 Å². The van der Waals surface area contributed by atoms with Crippen LogP contribution in [0.15, 0.2) is 18.3 Å². The lowest BCUT2D eigenvalue weighted by Crippen LogP contribution is -2.63. The van der Waals surface area contributed by atoms with Crippen molar-refractivity contribution in [1.82, 2.24) is 19.3 Å². The molecule has 1 aromatic heterocycles. The van der Waals surface area contributed by atoms with E-state index in [1.165, 1.54) is 9.80 Å². The van der Waals surface area contributed by atoms with Gasteiger partial charge in [0.1, 0.15) is 17.2 Å². The maximum atomic E-state index is 14.6. The van der Waals surface area contributed by atoms with E-state index < -0.39 is 29.4 Å². The number of piperazine rings is 1. The lowest BCUT2D eigenvalue weighted by molar-refractivity contribution is -0.142. The van der Waals surface area contributed by atoms with Crippen molar-refractivity contribution >= 4 is 40.6 Å². The summed E-state index contributed by atoms with van der Waals surface area (Å²) in [6.07, 6.45) is 3.63. The normalized spacial score (nSPS) is 18.4. The third-order valence-corrected chi connectivity index (χ3v) is 8.23. The number of hydrogen-bond donors (Lipinski definition) is 0. The first kappa shape index (κ1) is 33.9. The Morgan fingerprint density at radius 3 is 2.25 bits per heavy atom. The molecule has 11 heteroatoms. The number of hydrogen-bond acceptors (Lipinski definition) is 6. The summed E-state index contributed by atoms with van der Waals surface area (Å²) < 4.78 is 18.8. The maximum absolute atomic E-state index is 14.6. The van der Waals surface area contributed by atoms with Crippen LogP contribution in [0.5, 0.6) is 0 Å². The number of aromatic nitrogens is 1. The van der Waals surface area contributed by atoms with E-state index in [9.17, 15) is 14.4 Å². The number of rotatable bonds is 8. The van der Waals surface area contributed by atoms with E-state index in [1.807, 2.05) is 17.9 Å². The second-order valence-corrected chi connectivity index (χ2v) is 14.4. The van der Waals surface area contributed by atoms with Crippen molar-refractivity contribution in [2.24, 2.45) is 0 Å². The Balaban J connectivity index is 1.68. The zero-order valence-electron chi connectivity index (χ0n) is 27.7. The number of nitrogens with zero attached hydrogens (tertiary/aromatic N) is 4. The molecule has 1 unspecified atom stereocenters. The molecule has 0 N–H and O–H groups in total. The molecule has 2 atom stereocenters.